The molecule has 1 saturated heterocycles. The van der Waals surface area contributed by atoms with Gasteiger partial charge in [0.15, 0.2) is 27.5 Å². The molecule has 4 aromatic carbocycles. The molecule has 3 aliphatic heterocycles. The van der Waals surface area contributed by atoms with Crippen LogP contribution < -0.4 is 36.2 Å². The molecule has 0 bridgehead atoms. The Labute approximate surface area is 512 Å². The number of para-hydroxylation sites is 1. The van der Waals surface area contributed by atoms with E-state index in [4.69, 9.17) is 18.9 Å². The fourth-order valence-electron chi connectivity index (χ4n) is 10.1. The Morgan fingerprint density at radius 1 is 0.852 bits per heavy atom. The minimum Gasteiger partial charge on any atom is -0.491 e. The number of benzene rings is 4. The van der Waals surface area contributed by atoms with E-state index in [0.29, 0.717) is 149 Å². The zero-order valence-corrected chi connectivity index (χ0v) is 49.4. The molecule has 0 radical (unpaired) electrons. The molecule has 3 aromatic heterocycles. The van der Waals surface area contributed by atoms with Gasteiger partial charge in [-0.1, -0.05) is 58.7 Å². The van der Waals surface area contributed by atoms with E-state index in [1.165, 1.54) is 40.9 Å². The number of carbonyl (C=O) groups is 7. The van der Waals surface area contributed by atoms with Crippen LogP contribution in [0.4, 0.5) is 20.3 Å². The van der Waals surface area contributed by atoms with Gasteiger partial charge in [0.25, 0.3) is 17.7 Å². The molecule has 10 rings (SSSR count). The van der Waals surface area contributed by atoms with Crippen molar-refractivity contribution in [2.24, 2.45) is 0 Å². The Morgan fingerprint density at radius 2 is 1.68 bits per heavy atom. The summed E-state index contributed by atoms with van der Waals surface area (Å²) >= 11 is 2.70. The van der Waals surface area contributed by atoms with Gasteiger partial charge < -0.3 is 44.9 Å². The van der Waals surface area contributed by atoms with E-state index in [0.717, 1.165) is 26.2 Å². The third-order valence-electron chi connectivity index (χ3n) is 14.4. The van der Waals surface area contributed by atoms with Crippen molar-refractivity contribution in [3.05, 3.63) is 141 Å². The topological polar surface area (TPSA) is 300 Å². The smallest absolute Gasteiger partial charge is 0.355 e. The van der Waals surface area contributed by atoms with Gasteiger partial charge in [-0.2, -0.15) is 0 Å². The molecule has 6 heterocycles. The molecule has 88 heavy (non-hydrogen) atoms. The molecule has 6 amide bonds. The molecule has 7 aromatic rings. The monoisotopic (exact) mass is 1240 g/mol. The number of piperidine rings is 1. The molecule has 458 valence electrons. The Bertz CT molecular complexity index is 3750. The van der Waals surface area contributed by atoms with E-state index in [1.807, 2.05) is 41.3 Å². The van der Waals surface area contributed by atoms with Crippen molar-refractivity contribution in [2.75, 3.05) is 87.9 Å². The van der Waals surface area contributed by atoms with Gasteiger partial charge in [-0.05, 0) is 91.8 Å². The molecular weight excluding hydrogens is 1180 g/mol. The molecule has 0 aliphatic carbocycles. The van der Waals surface area contributed by atoms with Crippen LogP contribution in [-0.4, -0.2) is 155 Å². The number of hydrogen-bond donors (Lipinski definition) is 6. The van der Waals surface area contributed by atoms with Crippen molar-refractivity contribution in [3.8, 4) is 17.6 Å². The summed E-state index contributed by atoms with van der Waals surface area (Å²) in [7, 11) is 0. The number of carboxylic acids is 1. The number of rotatable bonds is 30. The Morgan fingerprint density at radius 3 is 2.51 bits per heavy atom. The van der Waals surface area contributed by atoms with Crippen molar-refractivity contribution >= 4 is 90.3 Å². The maximum atomic E-state index is 15.1. The largest absolute Gasteiger partial charge is 0.491 e. The minimum atomic E-state index is -1.14. The number of nitrogens with one attached hydrogen (secondary N) is 5. The summed E-state index contributed by atoms with van der Waals surface area (Å²) in [6.45, 7) is 4.98. The number of aryl methyl sites for hydroxylation is 2. The second kappa shape index (κ2) is 30.0. The predicted molar refractivity (Wildman–Crippen MR) is 323 cm³/mol. The Hall–Kier alpha value is -9.04. The first kappa shape index (κ1) is 62.0. The van der Waals surface area contributed by atoms with Crippen LogP contribution >= 0.6 is 22.7 Å². The van der Waals surface area contributed by atoms with Gasteiger partial charge in [-0.3, -0.25) is 49.0 Å². The number of anilines is 3. The summed E-state index contributed by atoms with van der Waals surface area (Å²) in [5, 5.41) is 33.7. The van der Waals surface area contributed by atoms with Crippen LogP contribution in [0, 0.1) is 17.7 Å². The lowest BCUT2D eigenvalue weighted by atomic mass is 9.94. The lowest BCUT2D eigenvalue weighted by Gasteiger charge is -2.29. The van der Waals surface area contributed by atoms with Gasteiger partial charge in [0.2, 0.25) is 17.7 Å². The van der Waals surface area contributed by atoms with Crippen LogP contribution in [0.2, 0.25) is 0 Å². The van der Waals surface area contributed by atoms with Gasteiger partial charge in [0.05, 0.1) is 80.3 Å². The van der Waals surface area contributed by atoms with E-state index >= 15 is 4.39 Å². The van der Waals surface area contributed by atoms with Gasteiger partial charge >= 0.3 is 5.97 Å². The predicted octanol–water partition coefficient (Wildman–Crippen LogP) is 5.61. The first-order chi connectivity index (χ1) is 42.9. The third-order valence-corrected chi connectivity index (χ3v) is 16.5. The molecule has 1 unspecified atom stereocenters. The minimum absolute atomic E-state index is 0.0362. The number of fused-ring (bicyclic) bond motifs is 3. The van der Waals surface area contributed by atoms with E-state index < -0.39 is 41.5 Å². The summed E-state index contributed by atoms with van der Waals surface area (Å²) in [6, 6.07) is 21.6. The number of hydrogen-bond acceptors (Lipinski definition) is 20. The highest BCUT2D eigenvalue weighted by Crippen LogP contribution is 2.35. The number of thiazole rings is 2. The van der Waals surface area contributed by atoms with Gasteiger partial charge in [-0.15, -0.1) is 16.4 Å². The second-order valence-electron chi connectivity index (χ2n) is 20.5. The fraction of sp³-hybridized carbons (Fsp3) is 0.361. The highest BCUT2D eigenvalue weighted by molar-refractivity contribution is 7.22. The van der Waals surface area contributed by atoms with Crippen molar-refractivity contribution < 1.29 is 62.0 Å². The summed E-state index contributed by atoms with van der Waals surface area (Å²) in [4.78, 5) is 101. The normalized spacial score (nSPS) is 14.5. The number of aromatic carboxylic acids is 1. The molecule has 0 saturated carbocycles. The lowest BCUT2D eigenvalue weighted by molar-refractivity contribution is -0.136. The summed E-state index contributed by atoms with van der Waals surface area (Å²) in [6.07, 6.45) is 4.16. The van der Waals surface area contributed by atoms with Gasteiger partial charge in [0, 0.05) is 73.8 Å². The number of carbonyl (C=O) groups excluding carboxylic acids is 6. The highest BCUT2D eigenvalue weighted by Gasteiger charge is 2.45. The zero-order chi connectivity index (χ0) is 61.4. The van der Waals surface area contributed by atoms with Gasteiger partial charge in [0.1, 0.15) is 11.7 Å². The number of amides is 6. The number of carboxylic acid groups (broad SMARTS) is 1. The number of imide groups is 2. The van der Waals surface area contributed by atoms with Crippen LogP contribution in [0.25, 0.3) is 10.2 Å². The Balaban J connectivity index is 0.542. The number of nitrogens with zero attached hydrogens (tertiary/aromatic N) is 7. The summed E-state index contributed by atoms with van der Waals surface area (Å²) in [5.41, 5.74) is 5.13. The van der Waals surface area contributed by atoms with Crippen LogP contribution in [-0.2, 0) is 61.1 Å². The third kappa shape index (κ3) is 15.9. The molecule has 27 heteroatoms. The quantitative estimate of drug-likeness (QED) is 0.0181. The maximum Gasteiger partial charge on any atom is 0.355 e. The average Bonchev–Trinajstić information content (AvgIpc) is 3.71. The van der Waals surface area contributed by atoms with Crippen molar-refractivity contribution in [1.82, 2.24) is 45.8 Å². The number of halogens is 1. The SMILES string of the molecule is O=C(CCCn1cc(COCCOCCOCCNc2cccc3c2C(=O)N(C2CCC(=O)NC2=O)C3=O)nn1)NCCNCC#Cc1ccc(OCCCc2sc(N3CCc4cccc(C(=O)Nc5nc6ccccc6s5)c4C3)nc2C(=O)O)c(F)c1. The first-order valence-electron chi connectivity index (χ1n) is 28.7. The fourth-order valence-corrected chi connectivity index (χ4v) is 12.1. The van der Waals surface area contributed by atoms with Crippen molar-refractivity contribution in [1.29, 1.82) is 0 Å². The molecule has 1 atom stereocenters. The second-order valence-corrected chi connectivity index (χ2v) is 22.6. The first-order valence-corrected chi connectivity index (χ1v) is 30.3. The summed E-state index contributed by atoms with van der Waals surface area (Å²) in [5.74, 6) is 1.60. The average molecular weight is 1240 g/mol. The highest BCUT2D eigenvalue weighted by atomic mass is 32.1. The zero-order valence-electron chi connectivity index (χ0n) is 47.8. The van der Waals surface area contributed by atoms with E-state index in [2.05, 4.69) is 58.7 Å². The van der Waals surface area contributed by atoms with Crippen LogP contribution in [0.15, 0.2) is 85.1 Å². The van der Waals surface area contributed by atoms with Crippen LogP contribution in [0.1, 0.15) is 101 Å². The number of ether oxygens (including phenoxy) is 4. The van der Waals surface area contributed by atoms with Crippen LogP contribution in [0.5, 0.6) is 5.75 Å². The van der Waals surface area contributed by atoms with E-state index in [9.17, 15) is 38.7 Å². The van der Waals surface area contributed by atoms with Crippen LogP contribution in [0.3, 0.4) is 0 Å². The molecule has 3 aliphatic rings. The molecule has 1 fully saturated rings. The molecular formula is C61H63FN12O12S2. The summed E-state index contributed by atoms with van der Waals surface area (Å²) < 4.78 is 40.3. The van der Waals surface area contributed by atoms with E-state index in [1.54, 1.807) is 35.1 Å². The molecule has 24 nitrogen and oxygen atoms in total. The van der Waals surface area contributed by atoms with E-state index in [-0.39, 0.29) is 60.4 Å². The Kier molecular flexibility index (Phi) is 21.2. The number of aromatic nitrogens is 5. The molecule has 6 N–H and O–H groups in total. The lowest BCUT2D eigenvalue weighted by Crippen LogP contribution is -2.54. The standard InChI is InChI=1S/C61H63FN12O12S2/c62-44-34-38(17-19-48(44)86-28-7-15-50-54(59(81)82)68-61(88-50)72-27-21-39-9-3-10-41(43(39)36-72)55(77)69-60-66-45-12-1-2-14-49(45)87-60)8-5-22-63-23-24-65-51(75)16-6-26-73-35-40(70-71-73)37-85-33-32-84-31-30-83-29-25-64-46-13-4-11-42-53(46)58(80)74(57(42)79)47-18-20-52(76)67-56(47)78/h1-4,9-14,17,19,34-35,47,63-64H,6-7,15-16,18,20-33,36-37H2,(H,65,75)(H,81,82)(H,66,69,77)(H,67,76,78). The van der Waals surface area contributed by atoms with Gasteiger partial charge in [-0.25, -0.2) is 19.2 Å². The maximum absolute atomic E-state index is 15.1. The van der Waals surface area contributed by atoms with Crippen molar-refractivity contribution in [3.63, 3.8) is 0 Å². The van der Waals surface area contributed by atoms with Crippen molar-refractivity contribution in [2.45, 2.75) is 70.7 Å². The molecule has 0 spiro atoms.